The van der Waals surface area contributed by atoms with Crippen molar-refractivity contribution in [2.24, 2.45) is 0 Å². The van der Waals surface area contributed by atoms with Gasteiger partial charge in [-0.2, -0.15) is 13.2 Å². The van der Waals surface area contributed by atoms with Gasteiger partial charge in [0.05, 0.1) is 5.69 Å². The Kier molecular flexibility index (Phi) is 5.15. The first kappa shape index (κ1) is 15.0. The minimum absolute atomic E-state index is 0.241. The van der Waals surface area contributed by atoms with Crippen molar-refractivity contribution in [3.8, 4) is 0 Å². The van der Waals surface area contributed by atoms with Gasteiger partial charge in [-0.25, -0.2) is 0 Å². The van der Waals surface area contributed by atoms with Crippen molar-refractivity contribution in [3.05, 3.63) is 17.5 Å². The summed E-state index contributed by atoms with van der Waals surface area (Å²) in [5, 5.41) is 6.85. The second-order valence-corrected chi connectivity index (χ2v) is 4.32. The van der Waals surface area contributed by atoms with E-state index in [0.29, 0.717) is 18.3 Å². The second kappa shape index (κ2) is 6.19. The van der Waals surface area contributed by atoms with Crippen LogP contribution in [0.2, 0.25) is 0 Å². The maximum atomic E-state index is 12.2. The summed E-state index contributed by atoms with van der Waals surface area (Å²) in [5.74, 6) is 0.284. The number of hydrogen-bond acceptors (Lipinski definition) is 4. The molecule has 0 radical (unpaired) electrons. The van der Waals surface area contributed by atoms with E-state index in [1.165, 1.54) is 0 Å². The molecule has 0 fully saturated rings. The number of halogens is 3. The van der Waals surface area contributed by atoms with E-state index in [-0.39, 0.29) is 12.4 Å². The Morgan fingerprint density at radius 3 is 2.61 bits per heavy atom. The number of rotatable bonds is 6. The van der Waals surface area contributed by atoms with Gasteiger partial charge in [0.25, 0.3) is 0 Å². The molecule has 0 bridgehead atoms. The molecule has 0 saturated carbocycles. The van der Waals surface area contributed by atoms with Gasteiger partial charge in [0.15, 0.2) is 11.9 Å². The molecule has 0 aliphatic rings. The SMILES string of the molecule is CC(C)NCc1cc(COC(C)C(F)(F)F)on1. The molecule has 0 spiro atoms. The van der Waals surface area contributed by atoms with Gasteiger partial charge in [0, 0.05) is 18.7 Å². The molecular weight excluding hydrogens is 249 g/mol. The predicted molar refractivity (Wildman–Crippen MR) is 58.8 cm³/mol. The van der Waals surface area contributed by atoms with Gasteiger partial charge in [-0.3, -0.25) is 0 Å². The van der Waals surface area contributed by atoms with Gasteiger partial charge >= 0.3 is 6.18 Å². The van der Waals surface area contributed by atoms with E-state index in [1.807, 2.05) is 13.8 Å². The first-order valence-corrected chi connectivity index (χ1v) is 5.65. The van der Waals surface area contributed by atoms with Crippen LogP contribution >= 0.6 is 0 Å². The zero-order valence-corrected chi connectivity index (χ0v) is 10.5. The van der Waals surface area contributed by atoms with Gasteiger partial charge in [-0.1, -0.05) is 19.0 Å². The number of aromatic nitrogens is 1. The molecule has 1 aromatic rings. The predicted octanol–water partition coefficient (Wildman–Crippen LogP) is 2.64. The molecule has 1 aromatic heterocycles. The monoisotopic (exact) mass is 266 g/mol. The van der Waals surface area contributed by atoms with Crippen molar-refractivity contribution in [1.29, 1.82) is 0 Å². The molecule has 0 saturated heterocycles. The molecule has 1 unspecified atom stereocenters. The normalized spacial score (nSPS) is 14.2. The molecule has 18 heavy (non-hydrogen) atoms. The fourth-order valence-corrected chi connectivity index (χ4v) is 1.12. The van der Waals surface area contributed by atoms with Gasteiger partial charge < -0.3 is 14.6 Å². The summed E-state index contributed by atoms with van der Waals surface area (Å²) in [6, 6.07) is 1.88. The maximum absolute atomic E-state index is 12.2. The molecule has 0 amide bonds. The third-order valence-electron chi connectivity index (χ3n) is 2.24. The van der Waals surface area contributed by atoms with Crippen LogP contribution in [-0.4, -0.2) is 23.5 Å². The average Bonchev–Trinajstić information content (AvgIpc) is 2.69. The third-order valence-corrected chi connectivity index (χ3v) is 2.24. The number of alkyl halides is 3. The van der Waals surface area contributed by atoms with Crippen molar-refractivity contribution in [3.63, 3.8) is 0 Å². The molecular formula is C11H17F3N2O2. The molecule has 4 nitrogen and oxygen atoms in total. The fraction of sp³-hybridized carbons (Fsp3) is 0.727. The van der Waals surface area contributed by atoms with E-state index < -0.39 is 12.3 Å². The number of ether oxygens (including phenoxy) is 1. The van der Waals surface area contributed by atoms with E-state index in [1.54, 1.807) is 6.07 Å². The molecule has 0 aromatic carbocycles. The van der Waals surface area contributed by atoms with Crippen LogP contribution in [0.4, 0.5) is 13.2 Å². The zero-order chi connectivity index (χ0) is 13.8. The summed E-state index contributed by atoms with van der Waals surface area (Å²) < 4.78 is 46.1. The zero-order valence-electron chi connectivity index (χ0n) is 10.5. The van der Waals surface area contributed by atoms with Crippen LogP contribution in [0.5, 0.6) is 0 Å². The molecule has 1 atom stereocenters. The van der Waals surface area contributed by atoms with Crippen molar-refractivity contribution in [1.82, 2.24) is 10.5 Å². The molecule has 1 N–H and O–H groups in total. The van der Waals surface area contributed by atoms with Crippen molar-refractivity contribution < 1.29 is 22.4 Å². The maximum Gasteiger partial charge on any atom is 0.414 e. The molecule has 1 heterocycles. The summed E-state index contributed by atoms with van der Waals surface area (Å²) in [4.78, 5) is 0. The van der Waals surface area contributed by atoms with Crippen molar-refractivity contribution in [2.45, 2.75) is 52.2 Å². The summed E-state index contributed by atoms with van der Waals surface area (Å²) in [6.07, 6.45) is -6.18. The van der Waals surface area contributed by atoms with Gasteiger partial charge in [0.1, 0.15) is 6.61 Å². The number of hydrogen-bond donors (Lipinski definition) is 1. The Labute approximate surface area is 103 Å². The fourth-order valence-electron chi connectivity index (χ4n) is 1.12. The van der Waals surface area contributed by atoms with E-state index in [2.05, 4.69) is 15.2 Å². The minimum Gasteiger partial charge on any atom is -0.361 e. The van der Waals surface area contributed by atoms with Gasteiger partial charge in [-0.05, 0) is 6.92 Å². The summed E-state index contributed by atoms with van der Waals surface area (Å²) in [5.41, 5.74) is 0.641. The molecule has 0 aliphatic heterocycles. The lowest BCUT2D eigenvalue weighted by molar-refractivity contribution is -0.218. The lowest BCUT2D eigenvalue weighted by Crippen LogP contribution is -2.28. The summed E-state index contributed by atoms with van der Waals surface area (Å²) >= 11 is 0. The van der Waals surface area contributed by atoms with Crippen LogP contribution in [0, 0.1) is 0 Å². The van der Waals surface area contributed by atoms with Crippen LogP contribution in [-0.2, 0) is 17.9 Å². The smallest absolute Gasteiger partial charge is 0.361 e. The molecule has 7 heteroatoms. The van der Waals surface area contributed by atoms with E-state index >= 15 is 0 Å². The van der Waals surface area contributed by atoms with Crippen molar-refractivity contribution in [2.75, 3.05) is 0 Å². The minimum atomic E-state index is -4.36. The number of nitrogens with one attached hydrogen (secondary N) is 1. The van der Waals surface area contributed by atoms with Crippen LogP contribution in [0.25, 0.3) is 0 Å². The van der Waals surface area contributed by atoms with Crippen LogP contribution in [0.1, 0.15) is 32.2 Å². The summed E-state index contributed by atoms with van der Waals surface area (Å²) in [6.45, 7) is 5.19. The molecule has 104 valence electrons. The molecule has 1 rings (SSSR count). The first-order valence-electron chi connectivity index (χ1n) is 5.65. The van der Waals surface area contributed by atoms with Gasteiger partial charge in [-0.15, -0.1) is 0 Å². The van der Waals surface area contributed by atoms with Crippen molar-refractivity contribution >= 4 is 0 Å². The average molecular weight is 266 g/mol. The highest BCUT2D eigenvalue weighted by molar-refractivity contribution is 5.04. The highest BCUT2D eigenvalue weighted by Crippen LogP contribution is 2.23. The Balaban J connectivity index is 2.40. The van der Waals surface area contributed by atoms with E-state index in [0.717, 1.165) is 6.92 Å². The van der Waals surface area contributed by atoms with E-state index in [4.69, 9.17) is 4.52 Å². The Morgan fingerprint density at radius 1 is 1.39 bits per heavy atom. The number of nitrogens with zero attached hydrogens (tertiary/aromatic N) is 1. The lowest BCUT2D eigenvalue weighted by atomic mass is 10.3. The Bertz CT molecular complexity index is 363. The molecule has 0 aliphatic carbocycles. The highest BCUT2D eigenvalue weighted by atomic mass is 19.4. The topological polar surface area (TPSA) is 47.3 Å². The Morgan fingerprint density at radius 2 is 2.06 bits per heavy atom. The van der Waals surface area contributed by atoms with E-state index in [9.17, 15) is 13.2 Å². The summed E-state index contributed by atoms with van der Waals surface area (Å²) in [7, 11) is 0. The highest BCUT2D eigenvalue weighted by Gasteiger charge is 2.37. The van der Waals surface area contributed by atoms with Gasteiger partial charge in [0.2, 0.25) is 0 Å². The van der Waals surface area contributed by atoms with Crippen LogP contribution < -0.4 is 5.32 Å². The first-order chi connectivity index (χ1) is 8.29. The Hall–Kier alpha value is -1.08. The van der Waals surface area contributed by atoms with Crippen LogP contribution in [0.15, 0.2) is 10.6 Å². The standard InChI is InChI=1S/C11H17F3N2O2/c1-7(2)15-5-9-4-10(18-16-9)6-17-8(3)11(12,13)14/h4,7-8,15H,5-6H2,1-3H3. The largest absolute Gasteiger partial charge is 0.414 e. The second-order valence-electron chi connectivity index (χ2n) is 4.32. The third kappa shape index (κ3) is 5.05. The lowest BCUT2D eigenvalue weighted by Gasteiger charge is -2.14. The van der Waals surface area contributed by atoms with Crippen LogP contribution in [0.3, 0.4) is 0 Å². The quantitative estimate of drug-likeness (QED) is 0.859.